The van der Waals surface area contributed by atoms with Gasteiger partial charge in [0.05, 0.1) is 18.8 Å². The van der Waals surface area contributed by atoms with Crippen molar-refractivity contribution in [3.63, 3.8) is 0 Å². The molecule has 17 heavy (non-hydrogen) atoms. The Hall–Kier alpha value is -2.37. The number of carboxylic acid groups (broad SMARTS) is 1. The summed E-state index contributed by atoms with van der Waals surface area (Å²) in [6.07, 6.45) is 0. The van der Waals surface area contributed by atoms with Crippen molar-refractivity contribution in [1.29, 1.82) is 0 Å². The predicted octanol–water partition coefficient (Wildman–Crippen LogP) is -0.0522. The summed E-state index contributed by atoms with van der Waals surface area (Å²) >= 11 is 0. The van der Waals surface area contributed by atoms with E-state index in [9.17, 15) is 9.90 Å². The Kier molecular flexibility index (Phi) is 2.78. The van der Waals surface area contributed by atoms with Crippen molar-refractivity contribution >= 4 is 5.97 Å². The molecule has 88 valence electrons. The van der Waals surface area contributed by atoms with Gasteiger partial charge in [-0.3, -0.25) is 0 Å². The first kappa shape index (κ1) is 11.1. The van der Waals surface area contributed by atoms with Crippen LogP contribution in [0.5, 0.6) is 5.75 Å². The van der Waals surface area contributed by atoms with E-state index in [0.717, 1.165) is 0 Å². The van der Waals surface area contributed by atoms with Gasteiger partial charge in [0.2, 0.25) is 0 Å². The summed E-state index contributed by atoms with van der Waals surface area (Å²) in [5, 5.41) is 18.1. The van der Waals surface area contributed by atoms with E-state index >= 15 is 0 Å². The molecule has 6 nitrogen and oxygen atoms in total. The SMILES string of the molecule is COc1ccccc1-n1nnc(C(=O)[O-])c1C. The second kappa shape index (κ2) is 4.25. The number of hydrogen-bond acceptors (Lipinski definition) is 5. The van der Waals surface area contributed by atoms with Crippen molar-refractivity contribution in [2.75, 3.05) is 7.11 Å². The van der Waals surface area contributed by atoms with Gasteiger partial charge in [-0.05, 0) is 19.1 Å². The van der Waals surface area contributed by atoms with Gasteiger partial charge in [0.1, 0.15) is 17.1 Å². The smallest absolute Gasteiger partial charge is 0.144 e. The molecule has 0 radical (unpaired) electrons. The molecule has 1 aromatic carbocycles. The molecule has 6 heteroatoms. The summed E-state index contributed by atoms with van der Waals surface area (Å²) < 4.78 is 6.58. The minimum absolute atomic E-state index is 0.170. The molecule has 0 bridgehead atoms. The Bertz CT molecular complexity index is 563. The van der Waals surface area contributed by atoms with Crippen molar-refractivity contribution in [2.24, 2.45) is 0 Å². The molecular formula is C11H10N3O3-. The number of hydrogen-bond donors (Lipinski definition) is 0. The zero-order valence-corrected chi connectivity index (χ0v) is 9.38. The fourth-order valence-electron chi connectivity index (χ4n) is 1.55. The highest BCUT2D eigenvalue weighted by Gasteiger charge is 2.13. The molecule has 0 aliphatic rings. The van der Waals surface area contributed by atoms with Crippen molar-refractivity contribution in [3.8, 4) is 11.4 Å². The van der Waals surface area contributed by atoms with Gasteiger partial charge < -0.3 is 14.6 Å². The molecular weight excluding hydrogens is 222 g/mol. The van der Waals surface area contributed by atoms with Crippen LogP contribution in [0.4, 0.5) is 0 Å². The monoisotopic (exact) mass is 232 g/mol. The summed E-state index contributed by atoms with van der Waals surface area (Å²) in [5.74, 6) is -0.756. The van der Waals surface area contributed by atoms with Crippen molar-refractivity contribution in [2.45, 2.75) is 6.92 Å². The molecule has 0 saturated carbocycles. The zero-order valence-electron chi connectivity index (χ0n) is 9.38. The fourth-order valence-corrected chi connectivity index (χ4v) is 1.55. The number of methoxy groups -OCH3 is 1. The number of aromatic nitrogens is 3. The summed E-state index contributed by atoms with van der Waals surface area (Å²) in [6, 6.07) is 7.14. The molecule has 0 N–H and O–H groups in total. The quantitative estimate of drug-likeness (QED) is 0.741. The van der Waals surface area contributed by atoms with E-state index in [4.69, 9.17) is 4.74 Å². The molecule has 0 aliphatic carbocycles. The van der Waals surface area contributed by atoms with Crippen LogP contribution in [0.1, 0.15) is 16.2 Å². The maximum absolute atomic E-state index is 10.8. The van der Waals surface area contributed by atoms with Gasteiger partial charge in [0.25, 0.3) is 0 Å². The van der Waals surface area contributed by atoms with E-state index in [2.05, 4.69) is 10.3 Å². The highest BCUT2D eigenvalue weighted by atomic mass is 16.5. The van der Waals surface area contributed by atoms with Gasteiger partial charge in [-0.25, -0.2) is 4.68 Å². The van der Waals surface area contributed by atoms with Crippen LogP contribution in [0.2, 0.25) is 0 Å². The highest BCUT2D eigenvalue weighted by Crippen LogP contribution is 2.22. The Balaban J connectivity index is 2.57. The predicted molar refractivity (Wildman–Crippen MR) is 57.0 cm³/mol. The number of nitrogens with zero attached hydrogens (tertiary/aromatic N) is 3. The Morgan fingerprint density at radius 2 is 2.12 bits per heavy atom. The van der Waals surface area contributed by atoms with Gasteiger partial charge >= 0.3 is 0 Å². The van der Waals surface area contributed by atoms with Crippen molar-refractivity contribution in [1.82, 2.24) is 15.0 Å². The third kappa shape index (κ3) is 1.84. The molecule has 1 heterocycles. The molecule has 2 aromatic rings. The van der Waals surface area contributed by atoms with Crippen molar-refractivity contribution < 1.29 is 14.6 Å². The van der Waals surface area contributed by atoms with Gasteiger partial charge in [-0.2, -0.15) is 0 Å². The molecule has 0 atom stereocenters. The van der Waals surface area contributed by atoms with Crippen LogP contribution >= 0.6 is 0 Å². The molecule has 0 aliphatic heterocycles. The van der Waals surface area contributed by atoms with Crippen LogP contribution in [-0.2, 0) is 0 Å². The first-order valence-electron chi connectivity index (χ1n) is 4.92. The van der Waals surface area contributed by atoms with E-state index in [0.29, 0.717) is 17.1 Å². The summed E-state index contributed by atoms with van der Waals surface area (Å²) in [6.45, 7) is 1.61. The maximum Gasteiger partial charge on any atom is 0.144 e. The lowest BCUT2D eigenvalue weighted by Crippen LogP contribution is -2.23. The number of carboxylic acids is 1. The van der Waals surface area contributed by atoms with Crippen LogP contribution in [0.3, 0.4) is 0 Å². The van der Waals surface area contributed by atoms with E-state index in [1.807, 2.05) is 6.07 Å². The average molecular weight is 232 g/mol. The first-order valence-corrected chi connectivity index (χ1v) is 4.92. The van der Waals surface area contributed by atoms with Crippen LogP contribution in [0.25, 0.3) is 5.69 Å². The van der Waals surface area contributed by atoms with E-state index in [-0.39, 0.29) is 5.69 Å². The zero-order chi connectivity index (χ0) is 12.4. The second-order valence-corrected chi connectivity index (χ2v) is 3.39. The van der Waals surface area contributed by atoms with Gasteiger partial charge in [0.15, 0.2) is 0 Å². The van der Waals surface area contributed by atoms with Crippen LogP contribution in [-0.4, -0.2) is 28.1 Å². The van der Waals surface area contributed by atoms with Crippen LogP contribution in [0, 0.1) is 6.92 Å². The third-order valence-corrected chi connectivity index (χ3v) is 2.40. The number of ether oxygens (including phenoxy) is 1. The normalized spacial score (nSPS) is 10.2. The molecule has 0 fully saturated rings. The Labute approximate surface area is 97.4 Å². The number of benzene rings is 1. The molecule has 0 spiro atoms. The molecule has 1 aromatic heterocycles. The largest absolute Gasteiger partial charge is 0.543 e. The lowest BCUT2D eigenvalue weighted by atomic mass is 10.2. The molecule has 0 unspecified atom stereocenters. The molecule has 2 rings (SSSR count). The number of carbonyl (C=O) groups is 1. The topological polar surface area (TPSA) is 80.1 Å². The van der Waals surface area contributed by atoms with Gasteiger partial charge in [0, 0.05) is 0 Å². The number of para-hydroxylation sites is 2. The summed E-state index contributed by atoms with van der Waals surface area (Å²) in [5.41, 5.74) is 0.859. The van der Waals surface area contributed by atoms with E-state index in [1.54, 1.807) is 25.1 Å². The second-order valence-electron chi connectivity index (χ2n) is 3.39. The minimum atomic E-state index is -1.34. The molecule has 0 amide bonds. The van der Waals surface area contributed by atoms with Gasteiger partial charge in [-0.15, -0.1) is 5.10 Å². The highest BCUT2D eigenvalue weighted by molar-refractivity contribution is 5.84. The lowest BCUT2D eigenvalue weighted by Gasteiger charge is -2.08. The van der Waals surface area contributed by atoms with E-state index < -0.39 is 5.97 Å². The van der Waals surface area contributed by atoms with E-state index in [1.165, 1.54) is 11.8 Å². The summed E-state index contributed by atoms with van der Waals surface area (Å²) in [4.78, 5) is 10.8. The number of aromatic carboxylic acids is 1. The average Bonchev–Trinajstić information content (AvgIpc) is 2.71. The Morgan fingerprint density at radius 1 is 1.41 bits per heavy atom. The third-order valence-electron chi connectivity index (χ3n) is 2.40. The van der Waals surface area contributed by atoms with Crippen LogP contribution in [0.15, 0.2) is 24.3 Å². The number of rotatable bonds is 3. The first-order chi connectivity index (χ1) is 8.15. The number of carbonyl (C=O) groups excluding carboxylic acids is 1. The van der Waals surface area contributed by atoms with Gasteiger partial charge in [-0.1, -0.05) is 17.3 Å². The summed E-state index contributed by atoms with van der Waals surface area (Å²) in [7, 11) is 1.53. The molecule has 0 saturated heterocycles. The lowest BCUT2D eigenvalue weighted by molar-refractivity contribution is -0.255. The van der Waals surface area contributed by atoms with Crippen molar-refractivity contribution in [3.05, 3.63) is 35.7 Å². The van der Waals surface area contributed by atoms with Crippen LogP contribution < -0.4 is 9.84 Å². The minimum Gasteiger partial charge on any atom is -0.543 e. The Morgan fingerprint density at radius 3 is 2.71 bits per heavy atom. The fraction of sp³-hybridized carbons (Fsp3) is 0.182. The standard InChI is InChI=1S/C11H11N3O3/c1-7-10(11(15)16)12-13-14(7)8-5-3-4-6-9(8)17-2/h3-6H,1-2H3,(H,15,16)/p-1. The maximum atomic E-state index is 10.8.